The number of hydrogen-bond donors (Lipinski definition) is 3. The predicted molar refractivity (Wildman–Crippen MR) is 64.8 cm³/mol. The van der Waals surface area contributed by atoms with Crippen LogP contribution in [0.4, 0.5) is 0 Å². The maximum Gasteiger partial charge on any atom is 0.303 e. The lowest BCUT2D eigenvalue weighted by Crippen LogP contribution is -2.49. The van der Waals surface area contributed by atoms with Crippen molar-refractivity contribution < 1.29 is 19.5 Å². The van der Waals surface area contributed by atoms with E-state index in [1.54, 1.807) is 6.92 Å². The third-order valence-corrected chi connectivity index (χ3v) is 3.39. The number of carbonyl (C=O) groups is 3. The zero-order chi connectivity index (χ0) is 13.8. The van der Waals surface area contributed by atoms with Gasteiger partial charge < -0.3 is 15.7 Å². The van der Waals surface area contributed by atoms with Crippen molar-refractivity contribution in [3.63, 3.8) is 0 Å². The Kier molecular flexibility index (Phi) is 4.69. The van der Waals surface area contributed by atoms with Gasteiger partial charge >= 0.3 is 5.97 Å². The van der Waals surface area contributed by atoms with Gasteiger partial charge in [0.1, 0.15) is 6.04 Å². The standard InChI is InChI=1S/C12H20N2O4/c1-8(14-9(2)15)11(18)13-7-12(4-3-5-12)6-10(16)17/h8H,3-7H2,1-2H3,(H,13,18)(H,14,15)(H,16,17). The van der Waals surface area contributed by atoms with Gasteiger partial charge in [-0.1, -0.05) is 6.42 Å². The van der Waals surface area contributed by atoms with Crippen LogP contribution in [0, 0.1) is 5.41 Å². The fraction of sp³-hybridized carbons (Fsp3) is 0.750. The van der Waals surface area contributed by atoms with Crippen molar-refractivity contribution in [2.24, 2.45) is 5.41 Å². The molecule has 0 bridgehead atoms. The van der Waals surface area contributed by atoms with Gasteiger partial charge in [-0.3, -0.25) is 14.4 Å². The molecule has 0 radical (unpaired) electrons. The summed E-state index contributed by atoms with van der Waals surface area (Å²) in [4.78, 5) is 33.2. The van der Waals surface area contributed by atoms with Gasteiger partial charge in [-0.05, 0) is 25.2 Å². The number of carbonyl (C=O) groups excluding carboxylic acids is 2. The van der Waals surface area contributed by atoms with E-state index in [1.165, 1.54) is 6.92 Å². The third kappa shape index (κ3) is 4.01. The van der Waals surface area contributed by atoms with Crippen LogP contribution in [0.1, 0.15) is 39.5 Å². The molecule has 1 unspecified atom stereocenters. The Morgan fingerprint density at radius 3 is 2.33 bits per heavy atom. The summed E-state index contributed by atoms with van der Waals surface area (Å²) < 4.78 is 0. The molecule has 2 amide bonds. The van der Waals surface area contributed by atoms with Crippen LogP contribution in [0.5, 0.6) is 0 Å². The average Bonchev–Trinajstić information content (AvgIpc) is 2.19. The molecule has 0 saturated heterocycles. The lowest BCUT2D eigenvalue weighted by molar-refractivity contribution is -0.142. The molecule has 0 aromatic carbocycles. The summed E-state index contributed by atoms with van der Waals surface area (Å²) in [5.74, 6) is -1.37. The SMILES string of the molecule is CC(=O)NC(C)C(=O)NCC1(CC(=O)O)CCC1. The lowest BCUT2D eigenvalue weighted by atomic mass is 9.66. The maximum atomic E-state index is 11.7. The van der Waals surface area contributed by atoms with E-state index in [9.17, 15) is 14.4 Å². The van der Waals surface area contributed by atoms with Crippen molar-refractivity contribution in [3.05, 3.63) is 0 Å². The molecule has 0 heterocycles. The highest BCUT2D eigenvalue weighted by atomic mass is 16.4. The molecule has 18 heavy (non-hydrogen) atoms. The van der Waals surface area contributed by atoms with Crippen LogP contribution >= 0.6 is 0 Å². The zero-order valence-electron chi connectivity index (χ0n) is 10.8. The van der Waals surface area contributed by atoms with E-state index in [0.717, 1.165) is 19.3 Å². The van der Waals surface area contributed by atoms with E-state index in [1.807, 2.05) is 0 Å². The Morgan fingerprint density at radius 1 is 1.33 bits per heavy atom. The van der Waals surface area contributed by atoms with E-state index in [4.69, 9.17) is 5.11 Å². The molecule has 1 saturated carbocycles. The highest BCUT2D eigenvalue weighted by molar-refractivity contribution is 5.86. The van der Waals surface area contributed by atoms with Crippen LogP contribution in [-0.4, -0.2) is 35.5 Å². The summed E-state index contributed by atoms with van der Waals surface area (Å²) in [5.41, 5.74) is -0.294. The molecule has 102 valence electrons. The lowest BCUT2D eigenvalue weighted by Gasteiger charge is -2.41. The Morgan fingerprint density at radius 2 is 1.94 bits per heavy atom. The second-order valence-electron chi connectivity index (χ2n) is 5.06. The van der Waals surface area contributed by atoms with Gasteiger partial charge in [0.25, 0.3) is 0 Å². The van der Waals surface area contributed by atoms with Crippen molar-refractivity contribution in [2.75, 3.05) is 6.54 Å². The van der Waals surface area contributed by atoms with Gasteiger partial charge in [-0.15, -0.1) is 0 Å². The largest absolute Gasteiger partial charge is 0.481 e. The molecule has 6 heteroatoms. The minimum absolute atomic E-state index is 0.0851. The quantitative estimate of drug-likeness (QED) is 0.635. The average molecular weight is 256 g/mol. The summed E-state index contributed by atoms with van der Waals surface area (Å²) >= 11 is 0. The van der Waals surface area contributed by atoms with Crippen LogP contribution in [0.2, 0.25) is 0 Å². The maximum absolute atomic E-state index is 11.7. The number of rotatable bonds is 6. The topological polar surface area (TPSA) is 95.5 Å². The molecule has 0 spiro atoms. The van der Waals surface area contributed by atoms with Gasteiger partial charge in [-0.2, -0.15) is 0 Å². The van der Waals surface area contributed by atoms with Crippen LogP contribution in [0.25, 0.3) is 0 Å². The third-order valence-electron chi connectivity index (χ3n) is 3.39. The molecule has 1 fully saturated rings. The number of hydrogen-bond acceptors (Lipinski definition) is 3. The van der Waals surface area contributed by atoms with E-state index in [-0.39, 0.29) is 23.7 Å². The minimum Gasteiger partial charge on any atom is -0.481 e. The van der Waals surface area contributed by atoms with Crippen molar-refractivity contribution in [2.45, 2.75) is 45.6 Å². The van der Waals surface area contributed by atoms with Gasteiger partial charge in [0.05, 0.1) is 6.42 Å². The van der Waals surface area contributed by atoms with Crippen LogP contribution in [0.15, 0.2) is 0 Å². The highest BCUT2D eigenvalue weighted by Crippen LogP contribution is 2.43. The predicted octanol–water partition coefficient (Wildman–Crippen LogP) is 0.272. The van der Waals surface area contributed by atoms with Crippen molar-refractivity contribution in [3.8, 4) is 0 Å². The summed E-state index contributed by atoms with van der Waals surface area (Å²) in [6.45, 7) is 3.31. The second kappa shape index (κ2) is 5.84. The summed E-state index contributed by atoms with van der Waals surface area (Å²) in [5, 5.41) is 14.0. The van der Waals surface area contributed by atoms with Crippen LogP contribution in [0.3, 0.4) is 0 Å². The number of aliphatic carboxylic acids is 1. The Labute approximate surface area is 106 Å². The van der Waals surface area contributed by atoms with Gasteiger partial charge in [0, 0.05) is 13.5 Å². The molecule has 0 aromatic heterocycles. The minimum atomic E-state index is -0.834. The monoisotopic (exact) mass is 256 g/mol. The first-order valence-corrected chi connectivity index (χ1v) is 6.11. The fourth-order valence-corrected chi connectivity index (χ4v) is 2.21. The van der Waals surface area contributed by atoms with Gasteiger partial charge in [0.2, 0.25) is 11.8 Å². The molecule has 1 aliphatic carbocycles. The first-order valence-electron chi connectivity index (χ1n) is 6.11. The molecule has 3 N–H and O–H groups in total. The Hall–Kier alpha value is -1.59. The first kappa shape index (κ1) is 14.5. The van der Waals surface area contributed by atoms with Crippen molar-refractivity contribution >= 4 is 17.8 Å². The summed E-state index contributed by atoms with van der Waals surface area (Å²) in [7, 11) is 0. The van der Waals surface area contributed by atoms with E-state index >= 15 is 0 Å². The molecule has 1 aliphatic rings. The molecule has 6 nitrogen and oxygen atoms in total. The zero-order valence-corrected chi connectivity index (χ0v) is 10.8. The molecule has 1 rings (SSSR count). The Balaban J connectivity index is 2.41. The first-order chi connectivity index (χ1) is 8.34. The smallest absolute Gasteiger partial charge is 0.303 e. The van der Waals surface area contributed by atoms with Crippen molar-refractivity contribution in [1.82, 2.24) is 10.6 Å². The van der Waals surface area contributed by atoms with Crippen LogP contribution in [-0.2, 0) is 14.4 Å². The van der Waals surface area contributed by atoms with Gasteiger partial charge in [0.15, 0.2) is 0 Å². The number of carboxylic acid groups (broad SMARTS) is 1. The van der Waals surface area contributed by atoms with Crippen LogP contribution < -0.4 is 10.6 Å². The molecule has 0 aromatic rings. The summed E-state index contributed by atoms with van der Waals surface area (Å²) in [6, 6.07) is -0.593. The molecular formula is C12H20N2O4. The fourth-order valence-electron chi connectivity index (χ4n) is 2.21. The highest BCUT2D eigenvalue weighted by Gasteiger charge is 2.39. The number of carboxylic acids is 1. The Bertz CT molecular complexity index is 350. The van der Waals surface area contributed by atoms with Crippen molar-refractivity contribution in [1.29, 1.82) is 0 Å². The van der Waals surface area contributed by atoms with Gasteiger partial charge in [-0.25, -0.2) is 0 Å². The number of nitrogens with one attached hydrogen (secondary N) is 2. The number of amides is 2. The van der Waals surface area contributed by atoms with E-state index in [2.05, 4.69) is 10.6 Å². The second-order valence-corrected chi connectivity index (χ2v) is 5.06. The van der Waals surface area contributed by atoms with E-state index in [0.29, 0.717) is 6.54 Å². The summed E-state index contributed by atoms with van der Waals surface area (Å²) in [6.07, 6.45) is 2.74. The normalized spacial score (nSPS) is 18.3. The molecular weight excluding hydrogens is 236 g/mol. The van der Waals surface area contributed by atoms with E-state index < -0.39 is 12.0 Å². The molecule has 1 atom stereocenters. The molecule has 0 aliphatic heterocycles.